The standard InChI is InChI=1S/C33H23FNS.C14H16GeN.Ir/c1-3-6-22-17-30(35-18-29(22)34)28-16-20-7-4-5-8-24(20)31-27-14-13-25-23-11-9-19(2)15-21(23)10-12-26(25)32(27)36-33(28)31;1-15(2,3)13-9-10-14(16-11-13)12-7-5-4-6-8-12;/h4-5,7-15,17-18H,3,6H2,1-2H3;4-7,9-11H,1-3H3;/q2*-1;/i3D2,6D2;;. The SMILES string of the molecule is [2H]C([2H])(C)C([2H])([2H])c1cc(-c2[c-]c3ccccc3c3c2sc2c4ccc5cc(C)ccc5c4ccc23)ncc1F.[CH3][Ge]([CH3])([CH3])[c]1ccc(-c2[c-]cccc2)nc1.[Ir]. The van der Waals surface area contributed by atoms with Crippen molar-refractivity contribution in [1.29, 1.82) is 0 Å². The Kier molecular flexibility index (Phi) is 9.26. The van der Waals surface area contributed by atoms with Crippen LogP contribution in [0.2, 0.25) is 17.3 Å². The Hall–Kier alpha value is -4.26. The Morgan fingerprint density at radius 1 is 0.755 bits per heavy atom. The molecule has 0 bridgehead atoms. The number of benzene rings is 6. The van der Waals surface area contributed by atoms with Crippen LogP contribution in [0.25, 0.3) is 75.0 Å². The topological polar surface area (TPSA) is 25.8 Å². The van der Waals surface area contributed by atoms with Gasteiger partial charge in [-0.1, -0.05) is 102 Å². The average molecular weight is 952 g/mol. The molecule has 1 radical (unpaired) electrons. The molecule has 0 fully saturated rings. The van der Waals surface area contributed by atoms with Crippen LogP contribution >= 0.6 is 11.3 Å². The Bertz CT molecular complexity index is 2940. The van der Waals surface area contributed by atoms with E-state index in [1.165, 1.54) is 32.2 Å². The first-order valence-electron chi connectivity index (χ1n) is 19.3. The van der Waals surface area contributed by atoms with Gasteiger partial charge in [-0.3, -0.25) is 4.98 Å². The van der Waals surface area contributed by atoms with E-state index >= 15 is 0 Å². The van der Waals surface area contributed by atoms with E-state index in [9.17, 15) is 4.39 Å². The molecule has 0 aliphatic heterocycles. The molecule has 0 amide bonds. The van der Waals surface area contributed by atoms with E-state index in [1.807, 2.05) is 48.7 Å². The van der Waals surface area contributed by atoms with Crippen LogP contribution < -0.4 is 4.40 Å². The van der Waals surface area contributed by atoms with Gasteiger partial charge in [0.05, 0.1) is 6.20 Å². The molecular formula is C47H39FGeIrN2S-2. The van der Waals surface area contributed by atoms with Crippen LogP contribution in [0.4, 0.5) is 4.39 Å². The maximum Gasteiger partial charge on any atom is 0 e. The first-order chi connectivity index (χ1) is 26.6. The predicted molar refractivity (Wildman–Crippen MR) is 224 cm³/mol. The van der Waals surface area contributed by atoms with Crippen LogP contribution in [0.3, 0.4) is 0 Å². The Morgan fingerprint density at radius 2 is 1.51 bits per heavy atom. The average Bonchev–Trinajstić information content (AvgIpc) is 3.58. The zero-order valence-corrected chi connectivity index (χ0v) is 35.4. The molecule has 9 rings (SSSR count). The molecule has 0 aliphatic rings. The largest absolute Gasteiger partial charge is 0 e. The maximum atomic E-state index is 14.9. The van der Waals surface area contributed by atoms with Gasteiger partial charge in [-0.05, 0) is 50.5 Å². The summed E-state index contributed by atoms with van der Waals surface area (Å²) >= 11 is -0.0865. The molecule has 0 saturated heterocycles. The normalized spacial score (nSPS) is 13.2. The van der Waals surface area contributed by atoms with Crippen molar-refractivity contribution < 1.29 is 30.0 Å². The number of pyridine rings is 2. The van der Waals surface area contributed by atoms with Gasteiger partial charge < -0.3 is 0 Å². The maximum absolute atomic E-state index is 14.9. The summed E-state index contributed by atoms with van der Waals surface area (Å²) in [7, 11) is 0. The van der Waals surface area contributed by atoms with Crippen molar-refractivity contribution in [3.8, 4) is 22.5 Å². The molecule has 0 spiro atoms. The summed E-state index contributed by atoms with van der Waals surface area (Å²) in [6.45, 7) is 3.21. The van der Waals surface area contributed by atoms with Gasteiger partial charge in [0.25, 0.3) is 0 Å². The van der Waals surface area contributed by atoms with E-state index in [2.05, 4.69) is 107 Å². The number of aromatic nitrogens is 2. The van der Waals surface area contributed by atoms with Crippen molar-refractivity contribution in [3.05, 3.63) is 151 Å². The number of rotatable bonds is 5. The summed E-state index contributed by atoms with van der Waals surface area (Å²) in [5.41, 5.74) is 3.94. The van der Waals surface area contributed by atoms with Crippen LogP contribution in [-0.2, 0) is 26.5 Å². The van der Waals surface area contributed by atoms with Gasteiger partial charge in [0.15, 0.2) is 0 Å². The van der Waals surface area contributed by atoms with Crippen molar-refractivity contribution in [2.45, 2.75) is 43.9 Å². The molecule has 9 aromatic rings. The second-order valence-electron chi connectivity index (χ2n) is 14.1. The summed E-state index contributed by atoms with van der Waals surface area (Å²) in [5, 5.41) is 8.79. The molecule has 6 heteroatoms. The number of hydrogen-bond acceptors (Lipinski definition) is 3. The van der Waals surface area contributed by atoms with E-state index < -0.39 is 31.8 Å². The third-order valence-electron chi connectivity index (χ3n) is 9.49. The fourth-order valence-corrected chi connectivity index (χ4v) is 10.3. The molecular weight excluding hydrogens is 908 g/mol. The van der Waals surface area contributed by atoms with E-state index in [0.29, 0.717) is 11.3 Å². The quantitative estimate of drug-likeness (QED) is 0.0976. The number of halogens is 1. The first kappa shape index (κ1) is 32.2. The number of hydrogen-bond donors (Lipinski definition) is 0. The Balaban J connectivity index is 0.000000246. The van der Waals surface area contributed by atoms with E-state index in [4.69, 9.17) is 5.48 Å². The minimum atomic E-state index is -2.56. The van der Waals surface area contributed by atoms with Gasteiger partial charge in [0.2, 0.25) is 0 Å². The summed E-state index contributed by atoms with van der Waals surface area (Å²) in [6.07, 6.45) is -1.83. The minimum Gasteiger partial charge on any atom is 0 e. The molecule has 0 unspecified atom stereocenters. The third kappa shape index (κ3) is 7.21. The Morgan fingerprint density at radius 3 is 2.26 bits per heavy atom. The second-order valence-corrected chi connectivity index (χ2v) is 25.7. The number of fused-ring (bicyclic) bond motifs is 9. The number of thiophene rings is 1. The minimum absolute atomic E-state index is 0. The smallest absolute Gasteiger partial charge is 0 e. The fourth-order valence-electron chi connectivity index (χ4n) is 6.80. The molecule has 3 heterocycles. The molecule has 0 N–H and O–H groups in total. The third-order valence-corrected chi connectivity index (χ3v) is 15.0. The van der Waals surface area contributed by atoms with Crippen LogP contribution in [-0.4, -0.2) is 23.2 Å². The van der Waals surface area contributed by atoms with Crippen LogP contribution in [0.5, 0.6) is 0 Å². The summed E-state index contributed by atoms with van der Waals surface area (Å²) in [6, 6.07) is 43.5. The summed E-state index contributed by atoms with van der Waals surface area (Å²) < 4.78 is 51.2. The van der Waals surface area contributed by atoms with Crippen molar-refractivity contribution in [1.82, 2.24) is 9.97 Å². The zero-order chi connectivity index (χ0) is 39.6. The zero-order valence-electron chi connectivity index (χ0n) is 34.1. The van der Waals surface area contributed by atoms with Crippen molar-refractivity contribution in [2.24, 2.45) is 0 Å². The molecule has 53 heavy (non-hydrogen) atoms. The van der Waals surface area contributed by atoms with Crippen molar-refractivity contribution in [2.75, 3.05) is 0 Å². The van der Waals surface area contributed by atoms with Gasteiger partial charge in [-0.2, -0.15) is 11.3 Å². The summed E-state index contributed by atoms with van der Waals surface area (Å²) in [5.74, 6) is 6.27. The second kappa shape index (κ2) is 15.2. The predicted octanol–water partition coefficient (Wildman–Crippen LogP) is 12.9. The summed E-state index contributed by atoms with van der Waals surface area (Å²) in [4.78, 5) is 8.89. The molecule has 0 atom stereocenters. The first-order valence-corrected chi connectivity index (χ1v) is 25.5. The van der Waals surface area contributed by atoms with Gasteiger partial charge in [-0.25, -0.2) is 4.39 Å². The molecule has 6 aromatic carbocycles. The van der Waals surface area contributed by atoms with Crippen LogP contribution in [0.15, 0.2) is 122 Å². The van der Waals surface area contributed by atoms with Gasteiger partial charge in [0.1, 0.15) is 5.82 Å². The number of nitrogens with zero attached hydrogens (tertiary/aromatic N) is 2. The van der Waals surface area contributed by atoms with E-state index in [1.54, 1.807) is 11.3 Å². The van der Waals surface area contributed by atoms with Gasteiger partial charge in [0, 0.05) is 36.0 Å². The van der Waals surface area contributed by atoms with Crippen LogP contribution in [0, 0.1) is 24.9 Å². The van der Waals surface area contributed by atoms with Crippen molar-refractivity contribution in [3.63, 3.8) is 0 Å². The molecule has 265 valence electrons. The van der Waals surface area contributed by atoms with Crippen LogP contribution in [0.1, 0.15) is 29.9 Å². The molecule has 0 saturated carbocycles. The fraction of sp³-hybridized carbons (Fsp3) is 0.149. The van der Waals surface area contributed by atoms with E-state index in [0.717, 1.165) is 60.7 Å². The molecule has 3 aromatic heterocycles. The van der Waals surface area contributed by atoms with Gasteiger partial charge in [-0.15, -0.1) is 17.5 Å². The number of aryl methyl sites for hydroxylation is 2. The molecule has 2 nitrogen and oxygen atoms in total. The monoisotopic (exact) mass is 953 g/mol. The van der Waals surface area contributed by atoms with E-state index in [-0.39, 0.29) is 25.7 Å². The molecule has 0 aliphatic carbocycles. The van der Waals surface area contributed by atoms with Crippen molar-refractivity contribution >= 4 is 81.5 Å². The Labute approximate surface area is 336 Å². The van der Waals surface area contributed by atoms with Gasteiger partial charge >= 0.3 is 99.8 Å².